The van der Waals surface area contributed by atoms with Crippen LogP contribution >= 0.6 is 0 Å². The minimum Gasteiger partial charge on any atom is -0.378 e. The summed E-state index contributed by atoms with van der Waals surface area (Å²) in [5, 5.41) is 3.65. The van der Waals surface area contributed by atoms with Crippen molar-refractivity contribution < 1.29 is 9.47 Å². The number of ether oxygens (including phenoxy) is 2. The van der Waals surface area contributed by atoms with E-state index in [4.69, 9.17) is 9.47 Å². The standard InChI is InChI=1S/C13H25NO2/c1-9(2)13-11(4-6-16-13)8-14-12-5-7-15-10(12)3/h9-14H,4-8H2,1-3H3/t10-,11-,12-,13-/m1/s1. The molecule has 3 nitrogen and oxygen atoms in total. The Balaban J connectivity index is 1.76. The summed E-state index contributed by atoms with van der Waals surface area (Å²) in [4.78, 5) is 0. The van der Waals surface area contributed by atoms with Crippen molar-refractivity contribution in [2.45, 2.75) is 51.9 Å². The molecule has 2 fully saturated rings. The Bertz CT molecular complexity index is 220. The van der Waals surface area contributed by atoms with Gasteiger partial charge in [-0.15, -0.1) is 0 Å². The molecular weight excluding hydrogens is 202 g/mol. The number of rotatable bonds is 4. The Hall–Kier alpha value is -0.120. The molecule has 2 aliphatic heterocycles. The molecule has 0 amide bonds. The second-order valence-electron chi connectivity index (χ2n) is 5.51. The van der Waals surface area contributed by atoms with Crippen LogP contribution in [0.5, 0.6) is 0 Å². The first-order valence-electron chi connectivity index (χ1n) is 6.65. The van der Waals surface area contributed by atoms with Crippen LogP contribution in [0.4, 0.5) is 0 Å². The Morgan fingerprint density at radius 2 is 1.94 bits per heavy atom. The highest BCUT2D eigenvalue weighted by Gasteiger charge is 2.32. The van der Waals surface area contributed by atoms with Crippen molar-refractivity contribution in [3.63, 3.8) is 0 Å². The Kier molecular flexibility index (Phi) is 4.22. The van der Waals surface area contributed by atoms with Crippen molar-refractivity contribution in [3.8, 4) is 0 Å². The van der Waals surface area contributed by atoms with Crippen LogP contribution < -0.4 is 5.32 Å². The van der Waals surface area contributed by atoms with E-state index in [2.05, 4.69) is 26.1 Å². The van der Waals surface area contributed by atoms with Crippen LogP contribution in [-0.2, 0) is 9.47 Å². The first kappa shape index (κ1) is 12.3. The van der Waals surface area contributed by atoms with Crippen molar-refractivity contribution in [2.24, 2.45) is 11.8 Å². The largest absolute Gasteiger partial charge is 0.378 e. The maximum Gasteiger partial charge on any atom is 0.0700 e. The fourth-order valence-electron chi connectivity index (χ4n) is 2.91. The van der Waals surface area contributed by atoms with Crippen LogP contribution in [0, 0.1) is 11.8 Å². The molecule has 0 aliphatic carbocycles. The summed E-state index contributed by atoms with van der Waals surface area (Å²) in [5.74, 6) is 1.32. The molecule has 0 saturated carbocycles. The van der Waals surface area contributed by atoms with E-state index in [1.807, 2.05) is 0 Å². The molecule has 0 spiro atoms. The molecule has 2 saturated heterocycles. The maximum absolute atomic E-state index is 5.80. The summed E-state index contributed by atoms with van der Waals surface area (Å²) in [5.41, 5.74) is 0. The third-order valence-electron chi connectivity index (χ3n) is 3.94. The monoisotopic (exact) mass is 227 g/mol. The van der Waals surface area contributed by atoms with Crippen LogP contribution in [-0.4, -0.2) is 38.0 Å². The molecule has 0 aromatic rings. The number of hydrogen-bond acceptors (Lipinski definition) is 3. The zero-order valence-electron chi connectivity index (χ0n) is 10.7. The molecule has 0 aromatic heterocycles. The molecule has 2 heterocycles. The zero-order chi connectivity index (χ0) is 11.5. The summed E-state index contributed by atoms with van der Waals surface area (Å²) in [6.45, 7) is 9.60. The molecule has 3 heteroatoms. The lowest BCUT2D eigenvalue weighted by atomic mass is 9.92. The number of nitrogens with one attached hydrogen (secondary N) is 1. The maximum atomic E-state index is 5.80. The first-order chi connectivity index (χ1) is 7.68. The van der Waals surface area contributed by atoms with Crippen molar-refractivity contribution in [1.82, 2.24) is 5.32 Å². The highest BCUT2D eigenvalue weighted by atomic mass is 16.5. The molecule has 0 unspecified atom stereocenters. The van der Waals surface area contributed by atoms with Crippen molar-refractivity contribution in [3.05, 3.63) is 0 Å². The fraction of sp³-hybridized carbons (Fsp3) is 1.00. The number of hydrogen-bond donors (Lipinski definition) is 1. The molecule has 0 radical (unpaired) electrons. The van der Waals surface area contributed by atoms with E-state index in [0.29, 0.717) is 30.1 Å². The van der Waals surface area contributed by atoms with Gasteiger partial charge in [-0.05, 0) is 31.6 Å². The Morgan fingerprint density at radius 1 is 1.19 bits per heavy atom. The molecule has 0 aromatic carbocycles. The average Bonchev–Trinajstić information content (AvgIpc) is 2.83. The van der Waals surface area contributed by atoms with E-state index in [0.717, 1.165) is 26.2 Å². The third kappa shape index (κ3) is 2.76. The van der Waals surface area contributed by atoms with Gasteiger partial charge in [0.15, 0.2) is 0 Å². The van der Waals surface area contributed by atoms with Gasteiger partial charge in [0.25, 0.3) is 0 Å². The summed E-state index contributed by atoms with van der Waals surface area (Å²) < 4.78 is 11.4. The second-order valence-corrected chi connectivity index (χ2v) is 5.51. The highest BCUT2D eigenvalue weighted by Crippen LogP contribution is 2.26. The van der Waals surface area contributed by atoms with Gasteiger partial charge in [0.05, 0.1) is 12.2 Å². The van der Waals surface area contributed by atoms with Crippen LogP contribution in [0.1, 0.15) is 33.6 Å². The molecule has 2 aliphatic rings. The van der Waals surface area contributed by atoms with Gasteiger partial charge in [-0.1, -0.05) is 13.8 Å². The van der Waals surface area contributed by atoms with Crippen LogP contribution in [0.3, 0.4) is 0 Å². The van der Waals surface area contributed by atoms with Crippen LogP contribution in [0.2, 0.25) is 0 Å². The van der Waals surface area contributed by atoms with Gasteiger partial charge in [0.1, 0.15) is 0 Å². The summed E-state index contributed by atoms with van der Waals surface area (Å²) >= 11 is 0. The lowest BCUT2D eigenvalue weighted by Crippen LogP contribution is -2.40. The Labute approximate surface area is 98.9 Å². The van der Waals surface area contributed by atoms with E-state index >= 15 is 0 Å². The minimum atomic E-state index is 0.375. The second kappa shape index (κ2) is 5.48. The topological polar surface area (TPSA) is 30.5 Å². The van der Waals surface area contributed by atoms with Gasteiger partial charge in [-0.2, -0.15) is 0 Å². The van der Waals surface area contributed by atoms with Gasteiger partial charge >= 0.3 is 0 Å². The van der Waals surface area contributed by atoms with Crippen LogP contribution in [0.15, 0.2) is 0 Å². The predicted octanol–water partition coefficient (Wildman–Crippen LogP) is 1.81. The van der Waals surface area contributed by atoms with Gasteiger partial charge in [-0.3, -0.25) is 0 Å². The average molecular weight is 227 g/mol. The van der Waals surface area contributed by atoms with E-state index in [-0.39, 0.29) is 0 Å². The molecule has 2 rings (SSSR count). The summed E-state index contributed by atoms with van der Waals surface area (Å²) in [7, 11) is 0. The van der Waals surface area contributed by atoms with Crippen molar-refractivity contribution >= 4 is 0 Å². The van der Waals surface area contributed by atoms with Crippen molar-refractivity contribution in [1.29, 1.82) is 0 Å². The zero-order valence-corrected chi connectivity index (χ0v) is 10.7. The lowest BCUT2D eigenvalue weighted by molar-refractivity contribution is 0.0521. The Morgan fingerprint density at radius 3 is 2.56 bits per heavy atom. The van der Waals surface area contributed by atoms with Crippen molar-refractivity contribution in [2.75, 3.05) is 19.8 Å². The highest BCUT2D eigenvalue weighted by molar-refractivity contribution is 4.84. The smallest absolute Gasteiger partial charge is 0.0700 e. The summed E-state index contributed by atoms with van der Waals surface area (Å²) in [6.07, 6.45) is 3.18. The van der Waals surface area contributed by atoms with E-state index < -0.39 is 0 Å². The lowest BCUT2D eigenvalue weighted by Gasteiger charge is -2.24. The quantitative estimate of drug-likeness (QED) is 0.794. The molecule has 4 atom stereocenters. The van der Waals surface area contributed by atoms with Crippen LogP contribution in [0.25, 0.3) is 0 Å². The minimum absolute atomic E-state index is 0.375. The van der Waals surface area contributed by atoms with E-state index in [9.17, 15) is 0 Å². The third-order valence-corrected chi connectivity index (χ3v) is 3.94. The summed E-state index contributed by atoms with van der Waals surface area (Å²) in [6, 6.07) is 0.549. The first-order valence-corrected chi connectivity index (χ1v) is 6.65. The fourth-order valence-corrected chi connectivity index (χ4v) is 2.91. The normalized spacial score (nSPS) is 39.8. The molecule has 94 valence electrons. The SMILES string of the molecule is CC(C)[C@H]1OCC[C@@H]1CN[C@@H]1CCO[C@@H]1C. The molecular formula is C13H25NO2. The molecule has 0 bridgehead atoms. The van der Waals surface area contributed by atoms with Gasteiger partial charge < -0.3 is 14.8 Å². The van der Waals surface area contributed by atoms with Gasteiger partial charge in [0, 0.05) is 25.8 Å². The van der Waals surface area contributed by atoms with E-state index in [1.165, 1.54) is 6.42 Å². The van der Waals surface area contributed by atoms with Gasteiger partial charge in [0.2, 0.25) is 0 Å². The molecule has 16 heavy (non-hydrogen) atoms. The van der Waals surface area contributed by atoms with E-state index in [1.54, 1.807) is 0 Å². The molecule has 1 N–H and O–H groups in total. The van der Waals surface area contributed by atoms with Gasteiger partial charge in [-0.25, -0.2) is 0 Å². The predicted molar refractivity (Wildman–Crippen MR) is 64.5 cm³/mol.